The predicted octanol–water partition coefficient (Wildman–Crippen LogP) is 3.96. The Balaban J connectivity index is 2.60. The molecule has 2 rings (SSSR count). The van der Waals surface area contributed by atoms with E-state index in [1.54, 1.807) is 0 Å². The summed E-state index contributed by atoms with van der Waals surface area (Å²) >= 11 is 8.27. The Hall–Kier alpha value is -0.680. The van der Waals surface area contributed by atoms with Crippen LogP contribution in [-0.4, -0.2) is 9.97 Å². The van der Waals surface area contributed by atoms with Crippen LogP contribution in [0.3, 0.4) is 0 Å². The lowest BCUT2D eigenvalue weighted by Crippen LogP contribution is -1.99. The van der Waals surface area contributed by atoms with Gasteiger partial charge in [-0.3, -0.25) is 0 Å². The van der Waals surface area contributed by atoms with Crippen molar-refractivity contribution in [2.75, 3.05) is 0 Å². The lowest BCUT2D eigenvalue weighted by molar-refractivity contribution is 0.938. The van der Waals surface area contributed by atoms with E-state index in [1.807, 2.05) is 37.3 Å². The lowest BCUT2D eigenvalue weighted by atomic mass is 10.1. The van der Waals surface area contributed by atoms with Crippen molar-refractivity contribution in [2.45, 2.75) is 13.3 Å². The van der Waals surface area contributed by atoms with Crippen molar-refractivity contribution in [1.29, 1.82) is 0 Å². The Bertz CT molecular complexity index is 500. The van der Waals surface area contributed by atoms with Crippen molar-refractivity contribution >= 4 is 34.2 Å². The number of hydrogen-bond donors (Lipinski definition) is 0. The van der Waals surface area contributed by atoms with Crippen LogP contribution in [0, 0.1) is 3.57 Å². The average molecular weight is 345 g/mol. The third-order valence-electron chi connectivity index (χ3n) is 2.22. The molecule has 0 N–H and O–H groups in total. The smallest absolute Gasteiger partial charge is 0.146 e. The molecule has 0 unspecified atom stereocenters. The van der Waals surface area contributed by atoms with Gasteiger partial charge in [-0.25, -0.2) is 9.97 Å². The van der Waals surface area contributed by atoms with E-state index in [9.17, 15) is 0 Å². The fourth-order valence-corrected chi connectivity index (χ4v) is 2.15. The molecule has 0 radical (unpaired) electrons. The molecule has 1 heterocycles. The summed E-state index contributed by atoms with van der Waals surface area (Å²) in [5.41, 5.74) is 1.99. The molecule has 16 heavy (non-hydrogen) atoms. The molecule has 0 aliphatic heterocycles. The molecule has 0 aliphatic rings. The SMILES string of the molecule is CCc1nc(Cl)c(I)c(-c2ccccc2)n1. The first-order valence-electron chi connectivity index (χ1n) is 4.99. The first-order chi connectivity index (χ1) is 7.72. The van der Waals surface area contributed by atoms with Crippen LogP contribution in [0.25, 0.3) is 11.3 Å². The second kappa shape index (κ2) is 5.10. The topological polar surface area (TPSA) is 25.8 Å². The number of hydrogen-bond acceptors (Lipinski definition) is 2. The van der Waals surface area contributed by atoms with Crippen molar-refractivity contribution in [2.24, 2.45) is 0 Å². The zero-order chi connectivity index (χ0) is 11.5. The van der Waals surface area contributed by atoms with E-state index in [0.717, 1.165) is 27.1 Å². The summed E-state index contributed by atoms with van der Waals surface area (Å²) in [6.45, 7) is 2.02. The minimum absolute atomic E-state index is 0.534. The van der Waals surface area contributed by atoms with Crippen LogP contribution in [0.1, 0.15) is 12.7 Å². The standard InChI is InChI=1S/C12H10ClIN2/c1-2-9-15-11(10(14)12(13)16-9)8-6-4-3-5-7-8/h3-7H,2H2,1H3. The summed E-state index contributed by atoms with van der Waals surface area (Å²) in [6, 6.07) is 10.0. The van der Waals surface area contributed by atoms with Crippen LogP contribution in [-0.2, 0) is 6.42 Å². The summed E-state index contributed by atoms with van der Waals surface area (Å²) in [5, 5.41) is 0.534. The van der Waals surface area contributed by atoms with Crippen molar-refractivity contribution in [3.8, 4) is 11.3 Å². The van der Waals surface area contributed by atoms with Gasteiger partial charge in [0.1, 0.15) is 11.0 Å². The third-order valence-corrected chi connectivity index (χ3v) is 3.83. The van der Waals surface area contributed by atoms with Gasteiger partial charge in [0.05, 0.1) is 9.26 Å². The van der Waals surface area contributed by atoms with E-state index in [1.165, 1.54) is 0 Å². The maximum absolute atomic E-state index is 6.09. The summed E-state index contributed by atoms with van der Waals surface area (Å²) in [5.74, 6) is 0.782. The highest BCUT2D eigenvalue weighted by atomic mass is 127. The molecule has 0 spiro atoms. The zero-order valence-corrected chi connectivity index (χ0v) is 11.7. The lowest BCUT2D eigenvalue weighted by Gasteiger charge is -2.07. The molecule has 4 heteroatoms. The first kappa shape index (κ1) is 11.8. The molecule has 2 aromatic rings. The second-order valence-electron chi connectivity index (χ2n) is 3.31. The normalized spacial score (nSPS) is 10.4. The van der Waals surface area contributed by atoms with Crippen LogP contribution in [0.2, 0.25) is 5.15 Å². The molecule has 0 atom stereocenters. The fourth-order valence-electron chi connectivity index (χ4n) is 1.41. The maximum Gasteiger partial charge on any atom is 0.146 e. The van der Waals surface area contributed by atoms with Gasteiger partial charge in [0.25, 0.3) is 0 Å². The Morgan fingerprint density at radius 3 is 2.50 bits per heavy atom. The summed E-state index contributed by atoms with van der Waals surface area (Å²) in [6.07, 6.45) is 0.788. The molecule has 1 aromatic heterocycles. The maximum atomic E-state index is 6.09. The van der Waals surface area contributed by atoms with E-state index in [4.69, 9.17) is 11.6 Å². The molecule has 0 bridgehead atoms. The molecule has 1 aromatic carbocycles. The highest BCUT2D eigenvalue weighted by Crippen LogP contribution is 2.27. The third kappa shape index (κ3) is 2.35. The minimum Gasteiger partial charge on any atom is -0.232 e. The van der Waals surface area contributed by atoms with Crippen molar-refractivity contribution in [3.05, 3.63) is 44.9 Å². The monoisotopic (exact) mass is 344 g/mol. The predicted molar refractivity (Wildman–Crippen MR) is 74.6 cm³/mol. The van der Waals surface area contributed by atoms with Gasteiger partial charge < -0.3 is 0 Å². The van der Waals surface area contributed by atoms with E-state index in [2.05, 4.69) is 32.6 Å². The van der Waals surface area contributed by atoms with Gasteiger partial charge in [-0.15, -0.1) is 0 Å². The van der Waals surface area contributed by atoms with Gasteiger partial charge in [-0.1, -0.05) is 48.9 Å². The second-order valence-corrected chi connectivity index (χ2v) is 4.75. The Morgan fingerprint density at radius 1 is 1.19 bits per heavy atom. The van der Waals surface area contributed by atoms with E-state index < -0.39 is 0 Å². The zero-order valence-electron chi connectivity index (χ0n) is 8.74. The summed E-state index contributed by atoms with van der Waals surface area (Å²) < 4.78 is 0.905. The average Bonchev–Trinajstić information content (AvgIpc) is 2.33. The van der Waals surface area contributed by atoms with Gasteiger partial charge in [-0.05, 0) is 22.6 Å². The van der Waals surface area contributed by atoms with Crippen molar-refractivity contribution < 1.29 is 0 Å². The highest BCUT2D eigenvalue weighted by Gasteiger charge is 2.11. The van der Waals surface area contributed by atoms with Gasteiger partial charge in [-0.2, -0.15) is 0 Å². The summed E-state index contributed by atoms with van der Waals surface area (Å²) in [7, 11) is 0. The minimum atomic E-state index is 0.534. The van der Waals surface area contributed by atoms with Gasteiger partial charge in [0, 0.05) is 12.0 Å². The van der Waals surface area contributed by atoms with Crippen LogP contribution in [0.15, 0.2) is 30.3 Å². The Labute approximate surface area is 113 Å². The number of aromatic nitrogens is 2. The molecular weight excluding hydrogens is 335 g/mol. The molecule has 0 saturated heterocycles. The number of rotatable bonds is 2. The Kier molecular flexibility index (Phi) is 3.76. The number of halogens is 2. The van der Waals surface area contributed by atoms with E-state index in [-0.39, 0.29) is 0 Å². The van der Waals surface area contributed by atoms with E-state index >= 15 is 0 Å². The number of benzene rings is 1. The van der Waals surface area contributed by atoms with Gasteiger partial charge >= 0.3 is 0 Å². The molecule has 0 fully saturated rings. The molecule has 2 nitrogen and oxygen atoms in total. The van der Waals surface area contributed by atoms with Gasteiger partial charge in [0.15, 0.2) is 0 Å². The number of aryl methyl sites for hydroxylation is 1. The van der Waals surface area contributed by atoms with Crippen LogP contribution >= 0.6 is 34.2 Å². The molecule has 0 amide bonds. The molecular formula is C12H10ClIN2. The van der Waals surface area contributed by atoms with Gasteiger partial charge in [0.2, 0.25) is 0 Å². The molecule has 0 saturated carbocycles. The fraction of sp³-hybridized carbons (Fsp3) is 0.167. The summed E-state index contributed by atoms with van der Waals surface area (Å²) in [4.78, 5) is 8.74. The highest BCUT2D eigenvalue weighted by molar-refractivity contribution is 14.1. The molecule has 0 aliphatic carbocycles. The molecule has 82 valence electrons. The van der Waals surface area contributed by atoms with Crippen LogP contribution < -0.4 is 0 Å². The van der Waals surface area contributed by atoms with Crippen LogP contribution in [0.4, 0.5) is 0 Å². The van der Waals surface area contributed by atoms with E-state index in [0.29, 0.717) is 5.15 Å². The first-order valence-corrected chi connectivity index (χ1v) is 6.45. The van der Waals surface area contributed by atoms with Crippen LogP contribution in [0.5, 0.6) is 0 Å². The van der Waals surface area contributed by atoms with Crippen molar-refractivity contribution in [3.63, 3.8) is 0 Å². The largest absolute Gasteiger partial charge is 0.232 e. The number of nitrogens with zero attached hydrogens (tertiary/aromatic N) is 2. The Morgan fingerprint density at radius 2 is 1.88 bits per heavy atom. The van der Waals surface area contributed by atoms with Crippen molar-refractivity contribution in [1.82, 2.24) is 9.97 Å². The quantitative estimate of drug-likeness (QED) is 0.609.